The first-order chi connectivity index (χ1) is 7.16. The normalized spacial score (nSPS) is 10.1. The average molecular weight is 222 g/mol. The molecule has 1 amide bonds. The van der Waals surface area contributed by atoms with Gasteiger partial charge in [0.25, 0.3) is 0 Å². The Kier molecular flexibility index (Phi) is 2.34. The fourth-order valence-electron chi connectivity index (χ4n) is 1.31. The molecular formula is C9H6N2O3S. The van der Waals surface area contributed by atoms with Crippen LogP contribution in [0.5, 0.6) is 0 Å². The predicted molar refractivity (Wildman–Crippen MR) is 54.0 cm³/mol. The van der Waals surface area contributed by atoms with Crippen molar-refractivity contribution >= 4 is 27.3 Å². The highest BCUT2D eigenvalue weighted by Crippen LogP contribution is 2.14. The van der Waals surface area contributed by atoms with Crippen molar-refractivity contribution < 1.29 is 13.2 Å². The molecule has 1 N–H and O–H groups in total. The summed E-state index contributed by atoms with van der Waals surface area (Å²) in [6.45, 7) is 0. The molecule has 6 heteroatoms. The van der Waals surface area contributed by atoms with E-state index < -0.39 is 16.4 Å². The van der Waals surface area contributed by atoms with E-state index >= 15 is 0 Å². The third kappa shape index (κ3) is 1.94. The predicted octanol–water partition coefficient (Wildman–Crippen LogP) is 1.37. The van der Waals surface area contributed by atoms with Crippen molar-refractivity contribution in [1.82, 2.24) is 4.98 Å². The lowest BCUT2D eigenvalue weighted by Gasteiger charge is -1.84. The van der Waals surface area contributed by atoms with Crippen LogP contribution in [0.25, 0.3) is 10.9 Å². The molecule has 0 unspecified atom stereocenters. The number of hydrogen-bond donors (Lipinski definition) is 1. The molecule has 0 saturated heterocycles. The second-order valence-electron chi connectivity index (χ2n) is 2.88. The monoisotopic (exact) mass is 222 g/mol. The van der Waals surface area contributed by atoms with Crippen molar-refractivity contribution in [2.45, 2.75) is 0 Å². The number of nitrogens with one attached hydrogen (secondary N) is 1. The Morgan fingerprint density at radius 2 is 2.00 bits per heavy atom. The molecule has 0 aliphatic carbocycles. The van der Waals surface area contributed by atoms with Crippen LogP contribution in [0.4, 0.5) is 0 Å². The summed E-state index contributed by atoms with van der Waals surface area (Å²) in [5.74, 6) is -0.792. The van der Waals surface area contributed by atoms with E-state index in [0.717, 1.165) is 10.9 Å². The van der Waals surface area contributed by atoms with Crippen LogP contribution in [0.2, 0.25) is 0 Å². The van der Waals surface area contributed by atoms with Gasteiger partial charge in [-0.1, -0.05) is 22.6 Å². The highest BCUT2D eigenvalue weighted by molar-refractivity contribution is 7.62. The molecule has 0 saturated carbocycles. The van der Waals surface area contributed by atoms with Crippen molar-refractivity contribution in [2.75, 3.05) is 0 Å². The van der Waals surface area contributed by atoms with E-state index in [-0.39, 0.29) is 5.69 Å². The number of benzene rings is 1. The van der Waals surface area contributed by atoms with Crippen molar-refractivity contribution in [3.8, 4) is 0 Å². The first-order valence-electron chi connectivity index (χ1n) is 4.10. The Morgan fingerprint density at radius 3 is 2.67 bits per heavy atom. The van der Waals surface area contributed by atoms with Crippen molar-refractivity contribution in [3.05, 3.63) is 36.0 Å². The molecular weight excluding hydrogens is 216 g/mol. The van der Waals surface area contributed by atoms with E-state index in [0.29, 0.717) is 0 Å². The van der Waals surface area contributed by atoms with Crippen LogP contribution in [0.15, 0.2) is 34.7 Å². The lowest BCUT2D eigenvalue weighted by Crippen LogP contribution is -1.93. The number of rotatable bonds is 1. The fourth-order valence-corrected chi connectivity index (χ4v) is 1.54. The van der Waals surface area contributed by atoms with Gasteiger partial charge in [-0.2, -0.15) is 8.42 Å². The van der Waals surface area contributed by atoms with Gasteiger partial charge in [-0.15, -0.1) is 0 Å². The second-order valence-corrected chi connectivity index (χ2v) is 3.50. The summed E-state index contributed by atoms with van der Waals surface area (Å²) in [6.07, 6.45) is 0. The largest absolute Gasteiger partial charge is 0.350 e. The highest BCUT2D eigenvalue weighted by atomic mass is 32.2. The molecule has 0 spiro atoms. The number of aromatic nitrogens is 1. The van der Waals surface area contributed by atoms with Crippen LogP contribution in [0.3, 0.4) is 0 Å². The van der Waals surface area contributed by atoms with Gasteiger partial charge < -0.3 is 4.98 Å². The number of carbonyl (C=O) groups excluding carboxylic acids is 1. The van der Waals surface area contributed by atoms with Crippen LogP contribution in [0.1, 0.15) is 10.5 Å². The topological polar surface area (TPSA) is 79.4 Å². The summed E-state index contributed by atoms with van der Waals surface area (Å²) < 4.78 is 23.3. The third-order valence-electron chi connectivity index (χ3n) is 1.92. The minimum absolute atomic E-state index is 0.167. The van der Waals surface area contributed by atoms with Crippen LogP contribution < -0.4 is 0 Å². The number of aromatic amines is 1. The zero-order valence-corrected chi connectivity index (χ0v) is 8.28. The Labute approximate surface area is 86.4 Å². The van der Waals surface area contributed by atoms with Gasteiger partial charge in [0.1, 0.15) is 5.69 Å². The summed E-state index contributed by atoms with van der Waals surface area (Å²) in [5, 5.41) is 0.840. The number of hydrogen-bond acceptors (Lipinski definition) is 3. The molecule has 1 aromatic carbocycles. The molecule has 5 nitrogen and oxygen atoms in total. The molecule has 0 aliphatic heterocycles. The number of amides is 1. The third-order valence-corrected chi connectivity index (χ3v) is 2.23. The van der Waals surface area contributed by atoms with Crippen LogP contribution in [0, 0.1) is 0 Å². The quantitative estimate of drug-likeness (QED) is 0.791. The van der Waals surface area contributed by atoms with Gasteiger partial charge in [-0.3, -0.25) is 4.79 Å². The molecule has 0 radical (unpaired) electrons. The Balaban J connectivity index is 2.54. The van der Waals surface area contributed by atoms with E-state index in [2.05, 4.69) is 9.35 Å². The Hall–Kier alpha value is -1.95. The van der Waals surface area contributed by atoms with Crippen molar-refractivity contribution in [3.63, 3.8) is 0 Å². The first kappa shape index (κ1) is 9.60. The van der Waals surface area contributed by atoms with E-state index in [1.807, 2.05) is 18.2 Å². The molecule has 76 valence electrons. The molecule has 1 aromatic heterocycles. The van der Waals surface area contributed by atoms with Crippen molar-refractivity contribution in [1.29, 1.82) is 0 Å². The van der Waals surface area contributed by atoms with Gasteiger partial charge >= 0.3 is 16.4 Å². The smallest absolute Gasteiger partial charge is 0.319 e. The van der Waals surface area contributed by atoms with Gasteiger partial charge in [-0.25, -0.2) is 0 Å². The zero-order valence-electron chi connectivity index (χ0n) is 7.47. The molecule has 0 bridgehead atoms. The second kappa shape index (κ2) is 3.66. The van der Waals surface area contributed by atoms with E-state index in [4.69, 9.17) is 0 Å². The molecule has 0 aliphatic rings. The number of carbonyl (C=O) groups is 1. The summed E-state index contributed by atoms with van der Waals surface area (Å²) in [6, 6.07) is 8.81. The number of H-pyrrole nitrogens is 1. The van der Waals surface area contributed by atoms with E-state index in [9.17, 15) is 13.2 Å². The van der Waals surface area contributed by atoms with Gasteiger partial charge in [0, 0.05) is 10.9 Å². The van der Waals surface area contributed by atoms with Crippen LogP contribution >= 0.6 is 0 Å². The SMILES string of the molecule is O=C(N=S(=O)=O)c1cc2ccccc2[nH]1. The fraction of sp³-hybridized carbons (Fsp3) is 0. The minimum Gasteiger partial charge on any atom is -0.350 e. The summed E-state index contributed by atoms with van der Waals surface area (Å²) in [5.41, 5.74) is 0.938. The standard InChI is InChI=1S/C9H6N2O3S/c12-9(11-15(13)14)8-5-6-3-1-2-4-7(6)10-8/h1-5,10H. The lowest BCUT2D eigenvalue weighted by atomic mass is 10.2. The van der Waals surface area contributed by atoms with Crippen molar-refractivity contribution in [2.24, 2.45) is 4.36 Å². The maximum absolute atomic E-state index is 11.2. The molecule has 0 fully saturated rings. The molecule has 0 atom stereocenters. The Bertz CT molecular complexity index is 614. The number of fused-ring (bicyclic) bond motifs is 1. The summed E-state index contributed by atoms with van der Waals surface area (Å²) >= 11 is 0. The van der Waals surface area contributed by atoms with E-state index in [1.165, 1.54) is 0 Å². The number of nitrogens with zero attached hydrogens (tertiary/aromatic N) is 1. The molecule has 1 heterocycles. The maximum Gasteiger partial charge on any atom is 0.319 e. The first-order valence-corrected chi connectivity index (χ1v) is 5.13. The number of para-hydroxylation sites is 1. The molecule has 2 aromatic rings. The van der Waals surface area contributed by atoms with E-state index in [1.54, 1.807) is 12.1 Å². The van der Waals surface area contributed by atoms with Crippen LogP contribution in [-0.4, -0.2) is 19.3 Å². The summed E-state index contributed by atoms with van der Waals surface area (Å²) in [4.78, 5) is 14.0. The van der Waals surface area contributed by atoms with Gasteiger partial charge in [0.05, 0.1) is 0 Å². The lowest BCUT2D eigenvalue weighted by molar-refractivity contribution is 0.100. The maximum atomic E-state index is 11.2. The average Bonchev–Trinajstić information content (AvgIpc) is 2.59. The van der Waals surface area contributed by atoms with Gasteiger partial charge in [0.15, 0.2) is 0 Å². The summed E-state index contributed by atoms with van der Waals surface area (Å²) in [7, 11) is -2.71. The molecule has 2 rings (SSSR count). The van der Waals surface area contributed by atoms with Gasteiger partial charge in [-0.05, 0) is 12.1 Å². The minimum atomic E-state index is -2.71. The van der Waals surface area contributed by atoms with Gasteiger partial charge in [0.2, 0.25) is 0 Å². The zero-order chi connectivity index (χ0) is 10.8. The molecule has 15 heavy (non-hydrogen) atoms. The highest BCUT2D eigenvalue weighted by Gasteiger charge is 2.07. The Morgan fingerprint density at radius 1 is 1.27 bits per heavy atom. The van der Waals surface area contributed by atoms with Crippen LogP contribution in [-0.2, 0) is 10.5 Å².